The maximum atomic E-state index is 11.0. The van der Waals surface area contributed by atoms with Crippen molar-refractivity contribution in [3.8, 4) is 0 Å². The summed E-state index contributed by atoms with van der Waals surface area (Å²) in [6.07, 6.45) is -0.406. The van der Waals surface area contributed by atoms with Crippen LogP contribution in [0.3, 0.4) is 0 Å². The van der Waals surface area contributed by atoms with Crippen LogP contribution in [0.15, 0.2) is 45.3 Å². The van der Waals surface area contributed by atoms with E-state index < -0.39 is 6.10 Å². The normalized spacial score (nSPS) is 20.1. The van der Waals surface area contributed by atoms with Gasteiger partial charge in [0.25, 0.3) is 0 Å². The number of ether oxygens (including phenoxy) is 1. The van der Waals surface area contributed by atoms with Crippen molar-refractivity contribution in [1.82, 2.24) is 19.3 Å². The number of nitrogens with zero attached hydrogens (tertiary/aromatic N) is 4. The van der Waals surface area contributed by atoms with Crippen molar-refractivity contribution in [2.45, 2.75) is 12.6 Å². The highest BCUT2D eigenvalue weighted by Crippen LogP contribution is 2.33. The monoisotopic (exact) mass is 578 g/mol. The molecule has 0 bridgehead atoms. The van der Waals surface area contributed by atoms with Gasteiger partial charge in [0.1, 0.15) is 0 Å². The van der Waals surface area contributed by atoms with Crippen molar-refractivity contribution in [3.05, 3.63) is 45.3 Å². The number of aliphatic hydroxyl groups is 1. The van der Waals surface area contributed by atoms with Gasteiger partial charge >= 0.3 is 0 Å². The minimum Gasteiger partial charge on any atom is -0.390 e. The van der Waals surface area contributed by atoms with E-state index in [0.717, 1.165) is 74.5 Å². The smallest absolute Gasteiger partial charge is 0.0845 e. The van der Waals surface area contributed by atoms with Crippen molar-refractivity contribution in [3.63, 3.8) is 0 Å². The van der Waals surface area contributed by atoms with E-state index in [4.69, 9.17) is 4.74 Å². The SMILES string of the molecule is O[C@H](CN1CCN(CCN2CCOCC2)CC1)Cn1c2ccc(Br)cc2c2cc(Br)ccc21. The Labute approximate surface area is 212 Å². The fourth-order valence-electron chi connectivity index (χ4n) is 5.11. The van der Waals surface area contributed by atoms with Crippen LogP contribution in [-0.4, -0.2) is 103 Å². The minimum absolute atomic E-state index is 0.406. The average Bonchev–Trinajstić information content (AvgIpc) is 3.11. The maximum Gasteiger partial charge on any atom is 0.0845 e. The predicted molar refractivity (Wildman–Crippen MR) is 141 cm³/mol. The molecular formula is C25H32Br2N4O2. The fraction of sp³-hybridized carbons (Fsp3) is 0.520. The summed E-state index contributed by atoms with van der Waals surface area (Å²) in [5.74, 6) is 0. The number of aromatic nitrogens is 1. The average molecular weight is 580 g/mol. The third-order valence-corrected chi connectivity index (χ3v) is 7.94. The highest BCUT2D eigenvalue weighted by Gasteiger charge is 2.21. The molecule has 8 heteroatoms. The van der Waals surface area contributed by atoms with E-state index in [-0.39, 0.29) is 0 Å². The molecule has 0 unspecified atom stereocenters. The lowest BCUT2D eigenvalue weighted by Crippen LogP contribution is -2.51. The molecule has 6 nitrogen and oxygen atoms in total. The molecule has 3 heterocycles. The quantitative estimate of drug-likeness (QED) is 0.463. The lowest BCUT2D eigenvalue weighted by molar-refractivity contribution is 0.0267. The second-order valence-corrected chi connectivity index (χ2v) is 11.0. The van der Waals surface area contributed by atoms with Crippen molar-refractivity contribution in [1.29, 1.82) is 0 Å². The van der Waals surface area contributed by atoms with Crippen molar-refractivity contribution < 1.29 is 9.84 Å². The molecule has 1 atom stereocenters. The van der Waals surface area contributed by atoms with E-state index in [1.807, 2.05) is 0 Å². The van der Waals surface area contributed by atoms with Gasteiger partial charge in [-0.05, 0) is 36.4 Å². The zero-order valence-electron chi connectivity index (χ0n) is 18.9. The van der Waals surface area contributed by atoms with Crippen LogP contribution in [0, 0.1) is 0 Å². The lowest BCUT2D eigenvalue weighted by atomic mass is 10.2. The van der Waals surface area contributed by atoms with Crippen LogP contribution in [0.1, 0.15) is 0 Å². The van der Waals surface area contributed by atoms with Gasteiger partial charge in [0.05, 0.1) is 25.9 Å². The summed E-state index contributed by atoms with van der Waals surface area (Å²) in [6, 6.07) is 12.8. The highest BCUT2D eigenvalue weighted by atomic mass is 79.9. The van der Waals surface area contributed by atoms with Crippen LogP contribution in [0.5, 0.6) is 0 Å². The topological polar surface area (TPSA) is 44.1 Å². The van der Waals surface area contributed by atoms with E-state index in [9.17, 15) is 5.11 Å². The Hall–Kier alpha value is -1.00. The van der Waals surface area contributed by atoms with Gasteiger partial charge in [-0.15, -0.1) is 0 Å². The number of morpholine rings is 1. The third-order valence-electron chi connectivity index (χ3n) is 6.95. The number of fused-ring (bicyclic) bond motifs is 3. The molecule has 1 N–H and O–H groups in total. The molecule has 0 saturated carbocycles. The van der Waals surface area contributed by atoms with Crippen LogP contribution in [0.4, 0.5) is 0 Å². The summed E-state index contributed by atoms with van der Waals surface area (Å²) in [5.41, 5.74) is 2.33. The van der Waals surface area contributed by atoms with Crippen LogP contribution in [0.25, 0.3) is 21.8 Å². The Morgan fingerprint density at radius 3 is 1.82 bits per heavy atom. The number of halogens is 2. The first-order chi connectivity index (χ1) is 16.1. The van der Waals surface area contributed by atoms with Crippen LogP contribution in [-0.2, 0) is 11.3 Å². The molecule has 0 radical (unpaired) electrons. The summed E-state index contributed by atoms with van der Waals surface area (Å²) in [5, 5.41) is 13.4. The maximum absolute atomic E-state index is 11.0. The van der Waals surface area contributed by atoms with Crippen LogP contribution >= 0.6 is 31.9 Å². The van der Waals surface area contributed by atoms with E-state index in [1.165, 1.54) is 21.8 Å². The highest BCUT2D eigenvalue weighted by molar-refractivity contribution is 9.10. The molecule has 33 heavy (non-hydrogen) atoms. The Kier molecular flexibility index (Phi) is 7.71. The zero-order valence-corrected chi connectivity index (χ0v) is 22.1. The number of aliphatic hydroxyl groups excluding tert-OH is 1. The summed E-state index contributed by atoms with van der Waals surface area (Å²) in [4.78, 5) is 7.47. The minimum atomic E-state index is -0.406. The predicted octanol–water partition coefficient (Wildman–Crippen LogP) is 3.63. The Balaban J connectivity index is 1.19. The molecular weight excluding hydrogens is 548 g/mol. The van der Waals surface area contributed by atoms with E-state index in [2.05, 4.69) is 87.5 Å². The van der Waals surface area contributed by atoms with Gasteiger partial charge in [0.2, 0.25) is 0 Å². The number of hydrogen-bond donors (Lipinski definition) is 1. The molecule has 1 aromatic heterocycles. The second kappa shape index (κ2) is 10.7. The Bertz CT molecular complexity index is 1030. The van der Waals surface area contributed by atoms with Crippen molar-refractivity contribution in [2.24, 2.45) is 0 Å². The lowest BCUT2D eigenvalue weighted by Gasteiger charge is -2.37. The van der Waals surface area contributed by atoms with Gasteiger partial charge < -0.3 is 14.4 Å². The first-order valence-corrected chi connectivity index (χ1v) is 13.5. The molecule has 2 fully saturated rings. The first-order valence-electron chi connectivity index (χ1n) is 11.9. The van der Waals surface area contributed by atoms with E-state index in [0.29, 0.717) is 13.1 Å². The molecule has 0 spiro atoms. The molecule has 178 valence electrons. The third kappa shape index (κ3) is 5.64. The van der Waals surface area contributed by atoms with E-state index in [1.54, 1.807) is 0 Å². The Morgan fingerprint density at radius 2 is 1.24 bits per heavy atom. The number of benzene rings is 2. The van der Waals surface area contributed by atoms with Gasteiger partial charge in [0.15, 0.2) is 0 Å². The van der Waals surface area contributed by atoms with Gasteiger partial charge in [-0.3, -0.25) is 14.7 Å². The largest absolute Gasteiger partial charge is 0.390 e. The molecule has 0 aliphatic carbocycles. The summed E-state index contributed by atoms with van der Waals surface area (Å²) >= 11 is 7.22. The van der Waals surface area contributed by atoms with Gasteiger partial charge in [-0.25, -0.2) is 0 Å². The first kappa shape index (κ1) is 23.7. The standard InChI is InChI=1S/C25H32Br2N4O2/c26-19-1-3-24-22(15-19)23-16-20(27)2-4-25(23)31(24)18-21(32)17-30-9-7-28(8-10-30)5-6-29-11-13-33-14-12-29/h1-4,15-16,21,32H,5-14,17-18H2/t21-/m1/s1. The van der Waals surface area contributed by atoms with E-state index >= 15 is 0 Å². The number of β-amino-alcohol motifs (C(OH)–C–C–N with tert-alkyl or cyclic N) is 1. The number of hydrogen-bond acceptors (Lipinski definition) is 5. The van der Waals surface area contributed by atoms with Gasteiger partial charge in [-0.2, -0.15) is 0 Å². The molecule has 2 aromatic carbocycles. The number of piperazine rings is 1. The molecule has 3 aromatic rings. The molecule has 0 amide bonds. The van der Waals surface area contributed by atoms with Gasteiger partial charge in [0, 0.05) is 89.7 Å². The van der Waals surface area contributed by atoms with Crippen LogP contribution in [0.2, 0.25) is 0 Å². The molecule has 5 rings (SSSR count). The Morgan fingerprint density at radius 1 is 0.727 bits per heavy atom. The zero-order chi connectivity index (χ0) is 22.8. The molecule has 2 aliphatic heterocycles. The van der Waals surface area contributed by atoms with Gasteiger partial charge in [-0.1, -0.05) is 31.9 Å². The second-order valence-electron chi connectivity index (χ2n) is 9.18. The summed E-state index contributed by atoms with van der Waals surface area (Å²) in [6.45, 7) is 11.6. The summed E-state index contributed by atoms with van der Waals surface area (Å²) in [7, 11) is 0. The van der Waals surface area contributed by atoms with Crippen molar-refractivity contribution >= 4 is 53.7 Å². The van der Waals surface area contributed by atoms with Crippen LogP contribution < -0.4 is 0 Å². The summed E-state index contributed by atoms with van der Waals surface area (Å²) < 4.78 is 9.86. The number of rotatable bonds is 7. The van der Waals surface area contributed by atoms with Crippen molar-refractivity contribution in [2.75, 3.05) is 72.1 Å². The fourth-order valence-corrected chi connectivity index (χ4v) is 5.84. The molecule has 2 saturated heterocycles. The molecule has 2 aliphatic rings.